The maximum atomic E-state index is 13.0. The molecule has 1 aliphatic heterocycles. The van der Waals surface area contributed by atoms with Crippen LogP contribution in [0.5, 0.6) is 0 Å². The van der Waals surface area contributed by atoms with E-state index in [-0.39, 0.29) is 22.9 Å². The molecular formula is C17H17N3O4S. The number of nitrogens with zero attached hydrogens (tertiary/aromatic N) is 2. The highest BCUT2D eigenvalue weighted by atomic mass is 32.2. The fourth-order valence-corrected chi connectivity index (χ4v) is 5.33. The lowest BCUT2D eigenvalue weighted by atomic mass is 10.1. The lowest BCUT2D eigenvalue weighted by Gasteiger charge is -2.30. The van der Waals surface area contributed by atoms with E-state index in [1.165, 1.54) is 23.4 Å². The minimum atomic E-state index is -3.74. The number of fused-ring (bicyclic) bond motifs is 1. The Balaban J connectivity index is 1.65. The van der Waals surface area contributed by atoms with E-state index in [1.54, 1.807) is 18.2 Å². The quantitative estimate of drug-likeness (QED) is 0.868. The largest absolute Gasteiger partial charge is 0.335 e. The van der Waals surface area contributed by atoms with Crippen LogP contribution in [0.4, 0.5) is 0 Å². The van der Waals surface area contributed by atoms with Gasteiger partial charge in [0.05, 0.1) is 23.5 Å². The smallest absolute Gasteiger partial charge is 0.254 e. The molecule has 1 aromatic carbocycles. The van der Waals surface area contributed by atoms with Crippen molar-refractivity contribution in [2.24, 2.45) is 0 Å². The molecule has 1 amide bonds. The van der Waals surface area contributed by atoms with Crippen LogP contribution in [0.3, 0.4) is 0 Å². The molecule has 1 aliphatic carbocycles. The van der Waals surface area contributed by atoms with Crippen molar-refractivity contribution in [3.63, 3.8) is 0 Å². The topological polar surface area (TPSA) is 100 Å². The molecule has 0 bridgehead atoms. The third-order valence-corrected chi connectivity index (χ3v) is 7.46. The molecule has 0 unspecified atom stereocenters. The van der Waals surface area contributed by atoms with Gasteiger partial charge >= 0.3 is 0 Å². The van der Waals surface area contributed by atoms with E-state index in [0.717, 1.165) is 0 Å². The normalized spacial score (nSPS) is 18.5. The molecule has 25 heavy (non-hydrogen) atoms. The minimum Gasteiger partial charge on any atom is -0.335 e. The van der Waals surface area contributed by atoms with Crippen molar-refractivity contribution in [3.8, 4) is 0 Å². The van der Waals surface area contributed by atoms with Crippen LogP contribution in [0.1, 0.15) is 24.1 Å². The number of H-pyrrole nitrogens is 1. The average Bonchev–Trinajstić information content (AvgIpc) is 3.44. The first-order valence-corrected chi connectivity index (χ1v) is 9.58. The number of benzene rings is 1. The monoisotopic (exact) mass is 359 g/mol. The van der Waals surface area contributed by atoms with E-state index in [4.69, 9.17) is 0 Å². The number of nitrogens with one attached hydrogen (secondary N) is 1. The second-order valence-corrected chi connectivity index (χ2v) is 8.70. The van der Waals surface area contributed by atoms with Crippen molar-refractivity contribution in [1.82, 2.24) is 14.9 Å². The predicted octanol–water partition coefficient (Wildman–Crippen LogP) is 0.661. The molecule has 2 aromatic rings. The Labute approximate surface area is 144 Å². The molecule has 1 N–H and O–H groups in total. The number of rotatable bonds is 3. The summed E-state index contributed by atoms with van der Waals surface area (Å²) < 4.78 is 24.6. The van der Waals surface area contributed by atoms with Gasteiger partial charge in [-0.1, -0.05) is 18.2 Å². The Morgan fingerprint density at radius 2 is 1.92 bits per heavy atom. The first-order valence-electron chi connectivity index (χ1n) is 8.10. The third kappa shape index (κ3) is 2.39. The lowest BCUT2D eigenvalue weighted by molar-refractivity contribution is -0.132. The molecule has 2 aliphatic rings. The second-order valence-electron chi connectivity index (χ2n) is 6.44. The number of hydrogen-bond acceptors (Lipinski definition) is 5. The van der Waals surface area contributed by atoms with Crippen molar-refractivity contribution in [2.75, 3.05) is 6.54 Å². The number of aromatic amines is 1. The summed E-state index contributed by atoms with van der Waals surface area (Å²) in [7, 11) is -3.74. The SMILES string of the molecule is O=C(N1CCc2c(nc[nH]c2=O)C1)C1(S(=O)(=O)c2ccccc2)CC1. The van der Waals surface area contributed by atoms with Crippen LogP contribution in [-0.4, -0.2) is 40.5 Å². The summed E-state index contributed by atoms with van der Waals surface area (Å²) in [6.45, 7) is 0.497. The van der Waals surface area contributed by atoms with Gasteiger partial charge in [0.25, 0.3) is 5.56 Å². The van der Waals surface area contributed by atoms with Gasteiger partial charge in [-0.15, -0.1) is 0 Å². The van der Waals surface area contributed by atoms with Crippen molar-refractivity contribution in [1.29, 1.82) is 0 Å². The van der Waals surface area contributed by atoms with Crippen molar-refractivity contribution in [3.05, 3.63) is 58.3 Å². The fourth-order valence-electron chi connectivity index (χ4n) is 3.36. The van der Waals surface area contributed by atoms with Crippen molar-refractivity contribution >= 4 is 15.7 Å². The third-order valence-electron chi connectivity index (χ3n) is 4.96. The standard InChI is InChI=1S/C17H17N3O4S/c21-15-13-6-9-20(10-14(13)18-11-19-15)16(22)17(7-8-17)25(23,24)12-4-2-1-3-5-12/h1-5,11H,6-10H2,(H,18,19,21). The van der Waals surface area contributed by atoms with E-state index >= 15 is 0 Å². The van der Waals surface area contributed by atoms with Gasteiger partial charge < -0.3 is 9.88 Å². The van der Waals surface area contributed by atoms with Crippen LogP contribution in [-0.2, 0) is 27.6 Å². The number of hydrogen-bond donors (Lipinski definition) is 1. The summed E-state index contributed by atoms with van der Waals surface area (Å²) in [5, 5.41) is 0. The zero-order valence-corrected chi connectivity index (χ0v) is 14.3. The van der Waals surface area contributed by atoms with Crippen LogP contribution < -0.4 is 5.56 Å². The van der Waals surface area contributed by atoms with Gasteiger partial charge in [-0.2, -0.15) is 0 Å². The summed E-state index contributed by atoms with van der Waals surface area (Å²) in [5.74, 6) is -0.385. The number of amides is 1. The van der Waals surface area contributed by atoms with E-state index in [0.29, 0.717) is 37.1 Å². The average molecular weight is 359 g/mol. The predicted molar refractivity (Wildman–Crippen MR) is 89.6 cm³/mol. The molecule has 0 saturated heterocycles. The zero-order valence-electron chi connectivity index (χ0n) is 13.4. The van der Waals surface area contributed by atoms with Crippen LogP contribution in [0, 0.1) is 0 Å². The highest BCUT2D eigenvalue weighted by molar-refractivity contribution is 7.94. The van der Waals surface area contributed by atoms with Crippen LogP contribution >= 0.6 is 0 Å². The van der Waals surface area contributed by atoms with Crippen LogP contribution in [0.2, 0.25) is 0 Å². The molecule has 4 rings (SSSR count). The Morgan fingerprint density at radius 3 is 2.60 bits per heavy atom. The highest BCUT2D eigenvalue weighted by Crippen LogP contribution is 2.48. The molecule has 1 saturated carbocycles. The van der Waals surface area contributed by atoms with Gasteiger partial charge in [-0.3, -0.25) is 9.59 Å². The summed E-state index contributed by atoms with van der Waals surface area (Å²) in [6.07, 6.45) is 2.35. The maximum absolute atomic E-state index is 13.0. The Morgan fingerprint density at radius 1 is 1.20 bits per heavy atom. The van der Waals surface area contributed by atoms with Gasteiger partial charge in [0.1, 0.15) is 0 Å². The number of sulfone groups is 1. The molecule has 8 heteroatoms. The van der Waals surface area contributed by atoms with Gasteiger partial charge in [0, 0.05) is 12.1 Å². The zero-order chi connectivity index (χ0) is 17.7. The maximum Gasteiger partial charge on any atom is 0.254 e. The van der Waals surface area contributed by atoms with Crippen LogP contribution in [0.15, 0.2) is 46.3 Å². The second kappa shape index (κ2) is 5.52. The van der Waals surface area contributed by atoms with Crippen molar-refractivity contribution < 1.29 is 13.2 Å². The summed E-state index contributed by atoms with van der Waals surface area (Å²) >= 11 is 0. The first kappa shape index (κ1) is 16.0. The molecule has 1 fully saturated rings. The molecule has 0 spiro atoms. The van der Waals surface area contributed by atoms with E-state index in [2.05, 4.69) is 9.97 Å². The molecule has 0 radical (unpaired) electrons. The first-order chi connectivity index (χ1) is 12.0. The van der Waals surface area contributed by atoms with E-state index < -0.39 is 14.6 Å². The number of carbonyl (C=O) groups is 1. The Kier molecular flexibility index (Phi) is 3.54. The van der Waals surface area contributed by atoms with Gasteiger partial charge in [0.2, 0.25) is 5.91 Å². The Hall–Kier alpha value is -2.48. The van der Waals surface area contributed by atoms with E-state index in [1.807, 2.05) is 0 Å². The van der Waals surface area contributed by atoms with Gasteiger partial charge in [-0.05, 0) is 31.4 Å². The number of aromatic nitrogens is 2. The molecule has 1 aromatic heterocycles. The Bertz CT molecular complexity index is 994. The molecule has 2 heterocycles. The van der Waals surface area contributed by atoms with Crippen LogP contribution in [0.25, 0.3) is 0 Å². The molecule has 130 valence electrons. The number of carbonyl (C=O) groups excluding carboxylic acids is 1. The lowest BCUT2D eigenvalue weighted by Crippen LogP contribution is -2.47. The highest BCUT2D eigenvalue weighted by Gasteiger charge is 2.62. The summed E-state index contributed by atoms with van der Waals surface area (Å²) in [5.41, 5.74) is 0.911. The summed E-state index contributed by atoms with van der Waals surface area (Å²) in [4.78, 5) is 33.2. The fraction of sp³-hybridized carbons (Fsp3) is 0.353. The summed E-state index contributed by atoms with van der Waals surface area (Å²) in [6, 6.07) is 8.09. The molecular weight excluding hydrogens is 342 g/mol. The minimum absolute atomic E-state index is 0.171. The molecule has 0 atom stereocenters. The van der Waals surface area contributed by atoms with E-state index in [9.17, 15) is 18.0 Å². The van der Waals surface area contributed by atoms with Gasteiger partial charge in [0.15, 0.2) is 14.6 Å². The van der Waals surface area contributed by atoms with Crippen molar-refractivity contribution in [2.45, 2.75) is 35.4 Å². The molecule has 7 nitrogen and oxygen atoms in total. The van der Waals surface area contributed by atoms with Gasteiger partial charge in [-0.25, -0.2) is 13.4 Å².